The molecule has 126 valence electrons. The van der Waals surface area contributed by atoms with Crippen molar-refractivity contribution in [3.05, 3.63) is 29.6 Å². The molecule has 0 aromatic heterocycles. The van der Waals surface area contributed by atoms with Crippen LogP contribution in [0.15, 0.2) is 18.2 Å². The molecule has 0 bridgehead atoms. The molecule has 2 aliphatic rings. The lowest BCUT2D eigenvalue weighted by Crippen LogP contribution is -2.33. The van der Waals surface area contributed by atoms with E-state index in [0.29, 0.717) is 25.2 Å². The topological polar surface area (TPSA) is 70.2 Å². The van der Waals surface area contributed by atoms with E-state index in [4.69, 9.17) is 0 Å². The van der Waals surface area contributed by atoms with Crippen LogP contribution in [0.25, 0.3) is 0 Å². The molecule has 2 aliphatic heterocycles. The smallest absolute Gasteiger partial charge is 0.226 e. The van der Waals surface area contributed by atoms with E-state index in [0.717, 1.165) is 37.2 Å². The van der Waals surface area contributed by atoms with E-state index in [1.165, 1.54) is 0 Å². The molecular formula is C17H24FN3O2. The van der Waals surface area contributed by atoms with Crippen LogP contribution in [0.5, 0.6) is 0 Å². The largest absolute Gasteiger partial charge is 0.388 e. The summed E-state index contributed by atoms with van der Waals surface area (Å²) in [5.74, 6) is 0.0356. The van der Waals surface area contributed by atoms with Crippen LogP contribution in [0.3, 0.4) is 0 Å². The van der Waals surface area contributed by atoms with E-state index in [2.05, 4.69) is 16.0 Å². The molecule has 0 atom stereocenters. The molecule has 0 aliphatic carbocycles. The first-order valence-electron chi connectivity index (χ1n) is 8.10. The van der Waals surface area contributed by atoms with E-state index in [1.807, 2.05) is 12.1 Å². The summed E-state index contributed by atoms with van der Waals surface area (Å²) < 4.78 is 13.8. The maximum atomic E-state index is 13.8. The Bertz CT molecular complexity index is 543. The van der Waals surface area contributed by atoms with Crippen molar-refractivity contribution in [2.75, 3.05) is 25.5 Å². The molecular weight excluding hydrogens is 297 g/mol. The highest BCUT2D eigenvalue weighted by Gasteiger charge is 2.18. The normalized spacial score (nSPS) is 18.7. The molecule has 0 radical (unpaired) electrons. The molecule has 1 aromatic carbocycles. The van der Waals surface area contributed by atoms with Crippen LogP contribution in [0, 0.1) is 5.82 Å². The lowest BCUT2D eigenvalue weighted by molar-refractivity contribution is -0.132. The summed E-state index contributed by atoms with van der Waals surface area (Å²) in [6, 6.07) is 5.44. The molecule has 3 rings (SSSR count). The molecule has 2 amide bonds. The molecule has 0 saturated carbocycles. The number of benzene rings is 1. The number of hydrogen-bond acceptors (Lipinski definition) is 4. The minimum Gasteiger partial charge on any atom is -0.388 e. The molecule has 2 fully saturated rings. The maximum absolute atomic E-state index is 13.8. The van der Waals surface area contributed by atoms with Crippen molar-refractivity contribution in [2.24, 2.45) is 0 Å². The van der Waals surface area contributed by atoms with Gasteiger partial charge in [-0.05, 0) is 56.0 Å². The van der Waals surface area contributed by atoms with Crippen molar-refractivity contribution in [2.45, 2.75) is 38.0 Å². The second-order valence-electron chi connectivity index (χ2n) is 5.84. The number of anilines is 1. The van der Waals surface area contributed by atoms with Gasteiger partial charge in [-0.15, -0.1) is 0 Å². The number of piperidine rings is 2. The van der Waals surface area contributed by atoms with Gasteiger partial charge in [0, 0.05) is 25.6 Å². The molecule has 0 unspecified atom stereocenters. The number of rotatable bonds is 2. The predicted molar refractivity (Wildman–Crippen MR) is 87.8 cm³/mol. The minimum atomic E-state index is -0.138. The van der Waals surface area contributed by atoms with Crippen molar-refractivity contribution in [3.8, 4) is 0 Å². The second kappa shape index (κ2) is 8.62. The zero-order chi connectivity index (χ0) is 16.7. The van der Waals surface area contributed by atoms with E-state index in [-0.39, 0.29) is 17.6 Å². The Morgan fingerprint density at radius 3 is 2.26 bits per heavy atom. The number of hydrogen-bond donors (Lipinski definition) is 3. The first-order valence-corrected chi connectivity index (χ1v) is 8.10. The van der Waals surface area contributed by atoms with Crippen LogP contribution in [0.1, 0.15) is 43.6 Å². The van der Waals surface area contributed by atoms with Gasteiger partial charge in [0.2, 0.25) is 11.8 Å². The fraction of sp³-hybridized carbons (Fsp3) is 0.529. The van der Waals surface area contributed by atoms with Crippen LogP contribution in [0.2, 0.25) is 0 Å². The monoisotopic (exact) mass is 321 g/mol. The number of halogens is 1. The van der Waals surface area contributed by atoms with Gasteiger partial charge in [0.1, 0.15) is 5.82 Å². The Hall–Kier alpha value is -1.95. The fourth-order valence-electron chi connectivity index (χ4n) is 2.84. The summed E-state index contributed by atoms with van der Waals surface area (Å²) in [6.07, 6.45) is 3.80. The molecule has 5 nitrogen and oxygen atoms in total. The highest BCUT2D eigenvalue weighted by atomic mass is 19.1. The van der Waals surface area contributed by atoms with Gasteiger partial charge in [-0.25, -0.2) is 4.39 Å². The molecule has 2 saturated heterocycles. The summed E-state index contributed by atoms with van der Waals surface area (Å²) >= 11 is 0. The van der Waals surface area contributed by atoms with Crippen LogP contribution >= 0.6 is 0 Å². The highest BCUT2D eigenvalue weighted by molar-refractivity contribution is 5.97. The van der Waals surface area contributed by atoms with Crippen molar-refractivity contribution in [3.63, 3.8) is 0 Å². The van der Waals surface area contributed by atoms with Crippen molar-refractivity contribution in [1.82, 2.24) is 10.6 Å². The van der Waals surface area contributed by atoms with Gasteiger partial charge in [-0.3, -0.25) is 14.9 Å². The van der Waals surface area contributed by atoms with Crippen molar-refractivity contribution >= 4 is 17.5 Å². The number of carbonyl (C=O) groups is 2. The van der Waals surface area contributed by atoms with Gasteiger partial charge in [0.25, 0.3) is 0 Å². The minimum absolute atomic E-state index is 0.0752. The predicted octanol–water partition coefficient (Wildman–Crippen LogP) is 2.15. The van der Waals surface area contributed by atoms with Gasteiger partial charge >= 0.3 is 0 Å². The Kier molecular flexibility index (Phi) is 6.52. The Morgan fingerprint density at radius 2 is 1.78 bits per heavy atom. The van der Waals surface area contributed by atoms with Crippen LogP contribution in [0.4, 0.5) is 10.1 Å². The average Bonchev–Trinajstić information content (AvgIpc) is 2.56. The van der Waals surface area contributed by atoms with Crippen LogP contribution < -0.4 is 16.0 Å². The molecule has 2 heterocycles. The van der Waals surface area contributed by atoms with Gasteiger partial charge in [-0.2, -0.15) is 0 Å². The number of imide groups is 1. The Morgan fingerprint density at radius 1 is 1.13 bits per heavy atom. The SMILES string of the molecule is CNc1ccc(C2CCNCC2)c(F)c1.O=C1CCCC(=O)N1. The zero-order valence-electron chi connectivity index (χ0n) is 13.5. The third kappa shape index (κ3) is 5.32. The first kappa shape index (κ1) is 17.4. The maximum Gasteiger partial charge on any atom is 0.226 e. The Balaban J connectivity index is 0.000000203. The van der Waals surface area contributed by atoms with Crippen molar-refractivity contribution in [1.29, 1.82) is 0 Å². The summed E-state index contributed by atoms with van der Waals surface area (Å²) in [4.78, 5) is 20.7. The van der Waals surface area contributed by atoms with Crippen LogP contribution in [-0.4, -0.2) is 32.0 Å². The second-order valence-corrected chi connectivity index (χ2v) is 5.84. The zero-order valence-corrected chi connectivity index (χ0v) is 13.5. The van der Waals surface area contributed by atoms with E-state index in [9.17, 15) is 14.0 Å². The van der Waals surface area contributed by atoms with Gasteiger partial charge in [0.15, 0.2) is 0 Å². The summed E-state index contributed by atoms with van der Waals surface area (Å²) in [5.41, 5.74) is 1.71. The van der Waals surface area contributed by atoms with Crippen molar-refractivity contribution < 1.29 is 14.0 Å². The fourth-order valence-corrected chi connectivity index (χ4v) is 2.84. The van der Waals surface area contributed by atoms with Crippen LogP contribution in [-0.2, 0) is 9.59 Å². The molecule has 23 heavy (non-hydrogen) atoms. The third-order valence-electron chi connectivity index (χ3n) is 4.15. The molecule has 3 N–H and O–H groups in total. The van der Waals surface area contributed by atoms with E-state index >= 15 is 0 Å². The van der Waals surface area contributed by atoms with Gasteiger partial charge in [0.05, 0.1) is 0 Å². The number of amides is 2. The third-order valence-corrected chi connectivity index (χ3v) is 4.15. The number of carbonyl (C=O) groups excluding carboxylic acids is 2. The summed E-state index contributed by atoms with van der Waals surface area (Å²) in [7, 11) is 1.80. The quantitative estimate of drug-likeness (QED) is 0.730. The summed E-state index contributed by atoms with van der Waals surface area (Å²) in [6.45, 7) is 2.00. The van der Waals surface area contributed by atoms with E-state index < -0.39 is 0 Å². The number of nitrogens with one attached hydrogen (secondary N) is 3. The lowest BCUT2D eigenvalue weighted by atomic mass is 9.90. The first-order chi connectivity index (χ1) is 11.1. The molecule has 6 heteroatoms. The molecule has 0 spiro atoms. The van der Waals surface area contributed by atoms with E-state index in [1.54, 1.807) is 13.1 Å². The molecule has 1 aromatic rings. The standard InChI is InChI=1S/C12H17FN2.C5H7NO2/c1-14-10-2-3-11(12(13)8-10)9-4-6-15-7-5-9;7-4-2-1-3-5(8)6-4/h2-3,8-9,14-15H,4-7H2,1H3;1-3H2,(H,6,7,8). The highest BCUT2D eigenvalue weighted by Crippen LogP contribution is 2.28. The lowest BCUT2D eigenvalue weighted by Gasteiger charge is -2.23. The van der Waals surface area contributed by atoms with Gasteiger partial charge < -0.3 is 10.6 Å². The average molecular weight is 321 g/mol. The Labute approximate surface area is 136 Å². The summed E-state index contributed by atoms with van der Waals surface area (Å²) in [5, 5.41) is 8.44. The van der Waals surface area contributed by atoms with Gasteiger partial charge in [-0.1, -0.05) is 6.07 Å².